The molecule has 0 aromatic carbocycles. The predicted octanol–water partition coefficient (Wildman–Crippen LogP) is 3.00. The van der Waals surface area contributed by atoms with Crippen LogP contribution in [0.5, 0.6) is 0 Å². The Kier molecular flexibility index (Phi) is 15.8. The Morgan fingerprint density at radius 1 is 0.705 bits per heavy atom. The number of hydrogen-bond donors (Lipinski definition) is 5. The smallest absolute Gasteiger partial charge is 0.408 e. The van der Waals surface area contributed by atoms with Crippen molar-refractivity contribution in [2.24, 2.45) is 23.2 Å². The number of carbonyl (C=O) groups excluding carboxylic acids is 6. The lowest BCUT2D eigenvalue weighted by atomic mass is 9.96. The minimum absolute atomic E-state index is 0.125. The predicted molar refractivity (Wildman–Crippen MR) is 170 cm³/mol. The van der Waals surface area contributed by atoms with Crippen molar-refractivity contribution in [1.29, 1.82) is 0 Å². The standard InChI is InChI=1S/C32H57N5O7/c1-17(2)23(38)15-22(20(7)34-21(8)26(39)29(42)33-16-31(9,10)11)35-27(40)24(18(3)4)36-28(41)25(19(5)6)37-30(43)44-32(12,13)14/h17-19,21-22,24-25,34H,7,15-16H2,1-6,8-14H3,(H,33,42)(H,35,40)(H,36,41)(H,37,43). The minimum Gasteiger partial charge on any atom is -0.444 e. The van der Waals surface area contributed by atoms with Gasteiger partial charge in [0, 0.05) is 24.6 Å². The first-order chi connectivity index (χ1) is 19.9. The first-order valence-corrected chi connectivity index (χ1v) is 15.3. The number of ketones is 2. The number of Topliss-reactive ketones (excluding diaryl/α,β-unsaturated/α-hetero) is 2. The van der Waals surface area contributed by atoms with Gasteiger partial charge in [0.05, 0.1) is 12.1 Å². The van der Waals surface area contributed by atoms with Crippen LogP contribution in [0.3, 0.4) is 0 Å². The zero-order chi connectivity index (χ0) is 34.7. The van der Waals surface area contributed by atoms with Crippen molar-refractivity contribution in [1.82, 2.24) is 26.6 Å². The third kappa shape index (κ3) is 15.3. The van der Waals surface area contributed by atoms with Crippen LogP contribution in [-0.4, -0.2) is 71.7 Å². The molecule has 0 spiro atoms. The molecule has 0 aliphatic carbocycles. The second-order valence-electron chi connectivity index (χ2n) is 14.5. The summed E-state index contributed by atoms with van der Waals surface area (Å²) in [5.41, 5.74) is -0.816. The summed E-state index contributed by atoms with van der Waals surface area (Å²) in [6.45, 7) is 27.1. The highest BCUT2D eigenvalue weighted by Crippen LogP contribution is 2.14. The van der Waals surface area contributed by atoms with Crippen LogP contribution in [0.2, 0.25) is 0 Å². The molecule has 0 heterocycles. The molecule has 0 aromatic rings. The quantitative estimate of drug-likeness (QED) is 0.163. The second kappa shape index (κ2) is 17.2. The average Bonchev–Trinajstić information content (AvgIpc) is 2.85. The molecule has 5 N–H and O–H groups in total. The van der Waals surface area contributed by atoms with Crippen LogP contribution in [0.4, 0.5) is 4.79 Å². The fourth-order valence-electron chi connectivity index (χ4n) is 3.78. The summed E-state index contributed by atoms with van der Waals surface area (Å²) in [4.78, 5) is 77.0. The molecule has 0 rings (SSSR count). The lowest BCUT2D eigenvalue weighted by Gasteiger charge is -2.30. The molecule has 0 aromatic heterocycles. The first kappa shape index (κ1) is 40.6. The Labute approximate surface area is 263 Å². The van der Waals surface area contributed by atoms with E-state index in [1.54, 1.807) is 62.3 Å². The molecule has 0 aliphatic heterocycles. The first-order valence-electron chi connectivity index (χ1n) is 15.3. The number of hydrogen-bond acceptors (Lipinski definition) is 8. The monoisotopic (exact) mass is 623 g/mol. The van der Waals surface area contributed by atoms with Crippen molar-refractivity contribution >= 4 is 35.4 Å². The van der Waals surface area contributed by atoms with Gasteiger partial charge in [0.1, 0.15) is 23.5 Å². The lowest BCUT2D eigenvalue weighted by Crippen LogP contribution is -2.58. The zero-order valence-corrected chi connectivity index (χ0v) is 29.0. The highest BCUT2D eigenvalue weighted by Gasteiger charge is 2.34. The van der Waals surface area contributed by atoms with Crippen LogP contribution >= 0.6 is 0 Å². The van der Waals surface area contributed by atoms with E-state index >= 15 is 0 Å². The molecule has 4 amide bonds. The Balaban J connectivity index is 5.85. The van der Waals surface area contributed by atoms with Crippen LogP contribution in [0.15, 0.2) is 12.3 Å². The van der Waals surface area contributed by atoms with E-state index < -0.39 is 59.4 Å². The topological polar surface area (TPSA) is 172 Å². The highest BCUT2D eigenvalue weighted by atomic mass is 16.6. The summed E-state index contributed by atoms with van der Waals surface area (Å²) in [6, 6.07) is -3.94. The van der Waals surface area contributed by atoms with Gasteiger partial charge in [0.2, 0.25) is 17.6 Å². The summed E-state index contributed by atoms with van der Waals surface area (Å²) in [5.74, 6) is -3.83. The molecular weight excluding hydrogens is 566 g/mol. The number of carbonyl (C=O) groups is 6. The summed E-state index contributed by atoms with van der Waals surface area (Å²) >= 11 is 0. The van der Waals surface area contributed by atoms with Gasteiger partial charge in [-0.3, -0.25) is 24.0 Å². The molecule has 4 atom stereocenters. The maximum atomic E-state index is 13.5. The van der Waals surface area contributed by atoms with Gasteiger partial charge in [0.15, 0.2) is 0 Å². The van der Waals surface area contributed by atoms with E-state index in [-0.39, 0.29) is 41.1 Å². The van der Waals surface area contributed by atoms with E-state index in [2.05, 4.69) is 33.2 Å². The van der Waals surface area contributed by atoms with Gasteiger partial charge in [-0.1, -0.05) is 68.9 Å². The minimum atomic E-state index is -1.03. The van der Waals surface area contributed by atoms with Gasteiger partial charge in [0.25, 0.3) is 5.91 Å². The molecule has 12 nitrogen and oxygen atoms in total. The van der Waals surface area contributed by atoms with E-state index in [0.717, 1.165) is 0 Å². The van der Waals surface area contributed by atoms with Crippen molar-refractivity contribution in [2.45, 2.75) is 126 Å². The Morgan fingerprint density at radius 3 is 1.61 bits per heavy atom. The maximum absolute atomic E-state index is 13.5. The van der Waals surface area contributed by atoms with E-state index in [9.17, 15) is 28.8 Å². The number of alkyl carbamates (subject to hydrolysis) is 1. The molecule has 0 bridgehead atoms. The fraction of sp³-hybridized carbons (Fsp3) is 0.750. The SMILES string of the molecule is C=C(NC(C)C(=O)C(=O)NCC(C)(C)C)C(CC(=O)C(C)C)NC(=O)C(NC(=O)C(NC(=O)OC(C)(C)C)C(C)C)C(C)C. The van der Waals surface area contributed by atoms with Crippen molar-refractivity contribution in [3.8, 4) is 0 Å². The van der Waals surface area contributed by atoms with Crippen molar-refractivity contribution < 1.29 is 33.5 Å². The van der Waals surface area contributed by atoms with Crippen LogP contribution in [0.25, 0.3) is 0 Å². The van der Waals surface area contributed by atoms with Gasteiger partial charge < -0.3 is 31.3 Å². The molecule has 0 fully saturated rings. The number of nitrogens with one attached hydrogen (secondary N) is 5. The van der Waals surface area contributed by atoms with Crippen LogP contribution in [0, 0.1) is 23.2 Å². The van der Waals surface area contributed by atoms with E-state index in [1.807, 2.05) is 20.8 Å². The average molecular weight is 624 g/mol. The molecule has 12 heteroatoms. The van der Waals surface area contributed by atoms with E-state index in [4.69, 9.17) is 4.74 Å². The van der Waals surface area contributed by atoms with Crippen LogP contribution in [0.1, 0.15) is 96.4 Å². The molecule has 0 saturated carbocycles. The van der Waals surface area contributed by atoms with Crippen molar-refractivity contribution in [3.63, 3.8) is 0 Å². The van der Waals surface area contributed by atoms with Gasteiger partial charge in [-0.25, -0.2) is 4.79 Å². The van der Waals surface area contributed by atoms with Gasteiger partial charge >= 0.3 is 6.09 Å². The molecule has 0 saturated heterocycles. The summed E-state index contributed by atoms with van der Waals surface area (Å²) < 4.78 is 5.29. The Morgan fingerprint density at radius 2 is 1.18 bits per heavy atom. The second-order valence-corrected chi connectivity index (χ2v) is 14.5. The molecular formula is C32H57N5O7. The fourth-order valence-corrected chi connectivity index (χ4v) is 3.78. The van der Waals surface area contributed by atoms with Crippen molar-refractivity contribution in [2.75, 3.05) is 6.54 Å². The summed E-state index contributed by atoms with van der Waals surface area (Å²) in [5, 5.41) is 13.6. The summed E-state index contributed by atoms with van der Waals surface area (Å²) in [6.07, 6.45) is -0.887. The maximum Gasteiger partial charge on any atom is 0.408 e. The van der Waals surface area contributed by atoms with E-state index in [1.165, 1.54) is 6.92 Å². The van der Waals surface area contributed by atoms with Gasteiger partial charge in [-0.2, -0.15) is 0 Å². The number of rotatable bonds is 16. The van der Waals surface area contributed by atoms with Crippen molar-refractivity contribution in [3.05, 3.63) is 12.3 Å². The van der Waals surface area contributed by atoms with Crippen LogP contribution in [-0.2, 0) is 28.7 Å². The molecule has 0 aliphatic rings. The Hall–Kier alpha value is -3.44. The molecule has 252 valence electrons. The molecule has 44 heavy (non-hydrogen) atoms. The largest absolute Gasteiger partial charge is 0.444 e. The summed E-state index contributed by atoms with van der Waals surface area (Å²) in [7, 11) is 0. The third-order valence-electron chi connectivity index (χ3n) is 6.45. The number of amides is 4. The normalized spacial score (nSPS) is 14.6. The van der Waals surface area contributed by atoms with Gasteiger partial charge in [-0.05, 0) is 44.9 Å². The van der Waals surface area contributed by atoms with Crippen LogP contribution < -0.4 is 26.6 Å². The molecule has 0 radical (unpaired) electrons. The van der Waals surface area contributed by atoms with E-state index in [0.29, 0.717) is 6.54 Å². The van der Waals surface area contributed by atoms with Gasteiger partial charge in [-0.15, -0.1) is 0 Å². The lowest BCUT2D eigenvalue weighted by molar-refractivity contribution is -0.139. The third-order valence-corrected chi connectivity index (χ3v) is 6.45. The molecule has 4 unspecified atom stereocenters. The zero-order valence-electron chi connectivity index (χ0n) is 29.0. The number of ether oxygens (including phenoxy) is 1. The highest BCUT2D eigenvalue weighted by molar-refractivity contribution is 6.38. The Bertz CT molecular complexity index is 1050.